The number of aliphatic hydroxyl groups is 1. The van der Waals surface area contributed by atoms with E-state index >= 15 is 0 Å². The highest BCUT2D eigenvalue weighted by Crippen LogP contribution is 1.92. The minimum atomic E-state index is -0.280. The lowest BCUT2D eigenvalue weighted by molar-refractivity contribution is 0.0942. The fourth-order valence-corrected chi connectivity index (χ4v) is 0.701. The van der Waals surface area contributed by atoms with E-state index in [0.29, 0.717) is 13.0 Å². The molecule has 5 nitrogen and oxygen atoms in total. The first-order chi connectivity index (χ1) is 5.84. The van der Waals surface area contributed by atoms with Crippen molar-refractivity contribution in [3.05, 3.63) is 18.0 Å². The van der Waals surface area contributed by atoms with E-state index in [-0.39, 0.29) is 18.2 Å². The molecule has 66 valence electrons. The molecular weight excluding hydrogens is 160 g/mol. The lowest BCUT2D eigenvalue weighted by Gasteiger charge is -1.98. The minimum absolute atomic E-state index is 0.0685. The van der Waals surface area contributed by atoms with Crippen molar-refractivity contribution in [2.24, 2.45) is 0 Å². The zero-order chi connectivity index (χ0) is 8.81. The highest BCUT2D eigenvalue weighted by molar-refractivity contribution is 5.91. The third-order valence-corrected chi connectivity index (χ3v) is 1.29. The Hall–Kier alpha value is -1.36. The maximum absolute atomic E-state index is 11.1. The summed E-state index contributed by atoms with van der Waals surface area (Å²) in [6.45, 7) is 0.515. The monoisotopic (exact) mass is 170 g/mol. The molecule has 1 aromatic rings. The van der Waals surface area contributed by atoms with Crippen LogP contribution in [0.4, 0.5) is 0 Å². The van der Waals surface area contributed by atoms with Gasteiger partial charge in [0.25, 0.3) is 5.91 Å². The normalized spacial score (nSPS) is 9.75. The predicted molar refractivity (Wildman–Crippen MR) is 40.5 cm³/mol. The number of rotatable bonds is 4. The Bertz CT molecular complexity index is 233. The van der Waals surface area contributed by atoms with Crippen LogP contribution in [0.3, 0.4) is 0 Å². The van der Waals surface area contributed by atoms with Crippen LogP contribution in [0.2, 0.25) is 0 Å². The average Bonchev–Trinajstić information content (AvgIpc) is 2.56. The van der Waals surface area contributed by atoms with Crippen molar-refractivity contribution >= 4 is 5.91 Å². The summed E-state index contributed by atoms with van der Waals surface area (Å²) in [6, 6.07) is 1.48. The molecule has 0 aromatic carbocycles. The number of nitrogens with one attached hydrogen (secondary N) is 1. The van der Waals surface area contributed by atoms with Gasteiger partial charge in [0, 0.05) is 19.2 Å². The lowest BCUT2D eigenvalue weighted by atomic mass is 10.4. The molecule has 0 aliphatic heterocycles. The van der Waals surface area contributed by atoms with E-state index in [2.05, 4.69) is 15.0 Å². The van der Waals surface area contributed by atoms with Crippen LogP contribution in [0.25, 0.3) is 0 Å². The fraction of sp³-hybridized carbons (Fsp3) is 0.429. The summed E-state index contributed by atoms with van der Waals surface area (Å²) in [5, 5.41) is 14.4. The van der Waals surface area contributed by atoms with Crippen molar-refractivity contribution in [3.8, 4) is 0 Å². The Morgan fingerprint density at radius 3 is 3.17 bits per heavy atom. The van der Waals surface area contributed by atoms with Crippen molar-refractivity contribution in [3.63, 3.8) is 0 Å². The number of carbonyl (C=O) groups excluding carboxylic acids is 1. The van der Waals surface area contributed by atoms with Crippen LogP contribution >= 0.6 is 0 Å². The topological polar surface area (TPSA) is 75.4 Å². The van der Waals surface area contributed by atoms with Gasteiger partial charge in [-0.3, -0.25) is 4.79 Å². The Labute approximate surface area is 69.4 Å². The van der Waals surface area contributed by atoms with Gasteiger partial charge < -0.3 is 14.9 Å². The summed E-state index contributed by atoms with van der Waals surface area (Å²) in [7, 11) is 0. The molecule has 0 saturated carbocycles. The summed E-state index contributed by atoms with van der Waals surface area (Å²) in [6.07, 6.45) is 1.88. The Morgan fingerprint density at radius 1 is 1.75 bits per heavy atom. The van der Waals surface area contributed by atoms with Gasteiger partial charge in [0.05, 0.1) is 0 Å². The molecule has 1 amide bonds. The zero-order valence-corrected chi connectivity index (χ0v) is 6.49. The minimum Gasteiger partial charge on any atom is -0.396 e. The van der Waals surface area contributed by atoms with E-state index in [4.69, 9.17) is 5.11 Å². The number of aromatic nitrogens is 1. The quantitative estimate of drug-likeness (QED) is 0.613. The molecule has 12 heavy (non-hydrogen) atoms. The molecular formula is C7H10N2O3. The van der Waals surface area contributed by atoms with E-state index < -0.39 is 0 Å². The van der Waals surface area contributed by atoms with E-state index in [1.54, 1.807) is 0 Å². The van der Waals surface area contributed by atoms with E-state index in [1.165, 1.54) is 12.3 Å². The zero-order valence-electron chi connectivity index (χ0n) is 6.49. The van der Waals surface area contributed by atoms with Gasteiger partial charge in [-0.05, 0) is 6.42 Å². The van der Waals surface area contributed by atoms with Crippen LogP contribution in [0.5, 0.6) is 0 Å². The molecule has 1 aromatic heterocycles. The largest absolute Gasteiger partial charge is 0.396 e. The number of hydrogen-bond acceptors (Lipinski definition) is 4. The number of aliphatic hydroxyl groups excluding tert-OH is 1. The molecule has 0 bridgehead atoms. The molecule has 1 rings (SSSR count). The number of amides is 1. The summed E-state index contributed by atoms with van der Waals surface area (Å²) in [5.74, 6) is -0.280. The molecule has 0 unspecified atom stereocenters. The van der Waals surface area contributed by atoms with Crippen LogP contribution in [0.1, 0.15) is 16.9 Å². The van der Waals surface area contributed by atoms with Gasteiger partial charge in [0.1, 0.15) is 6.26 Å². The lowest BCUT2D eigenvalue weighted by Crippen LogP contribution is -2.25. The maximum atomic E-state index is 11.1. The molecule has 5 heteroatoms. The standard InChI is InChI=1S/C7H10N2O3/c10-4-1-3-8-7(11)6-2-5-12-9-6/h2,5,10H,1,3-4H2,(H,8,11). The van der Waals surface area contributed by atoms with Crippen LogP contribution in [0, 0.1) is 0 Å². The molecule has 0 fully saturated rings. The van der Waals surface area contributed by atoms with Gasteiger partial charge in [-0.1, -0.05) is 5.16 Å². The highest BCUT2D eigenvalue weighted by atomic mass is 16.5. The van der Waals surface area contributed by atoms with Gasteiger partial charge >= 0.3 is 0 Å². The highest BCUT2D eigenvalue weighted by Gasteiger charge is 2.06. The number of hydrogen-bond donors (Lipinski definition) is 2. The first-order valence-corrected chi connectivity index (χ1v) is 3.64. The Balaban J connectivity index is 2.30. The first kappa shape index (κ1) is 8.73. The van der Waals surface area contributed by atoms with Crippen molar-refractivity contribution in [1.29, 1.82) is 0 Å². The summed E-state index contributed by atoms with van der Waals surface area (Å²) in [5.41, 5.74) is 0.257. The maximum Gasteiger partial charge on any atom is 0.273 e. The van der Waals surface area contributed by atoms with Crippen LogP contribution in [0.15, 0.2) is 16.9 Å². The second-order valence-corrected chi connectivity index (χ2v) is 2.22. The molecule has 1 heterocycles. The van der Waals surface area contributed by atoms with Gasteiger partial charge in [-0.15, -0.1) is 0 Å². The fourth-order valence-electron chi connectivity index (χ4n) is 0.701. The first-order valence-electron chi connectivity index (χ1n) is 3.64. The van der Waals surface area contributed by atoms with Crippen LogP contribution < -0.4 is 5.32 Å². The third kappa shape index (κ3) is 2.35. The Morgan fingerprint density at radius 2 is 2.58 bits per heavy atom. The molecule has 2 N–H and O–H groups in total. The summed E-state index contributed by atoms with van der Waals surface area (Å²) >= 11 is 0. The SMILES string of the molecule is O=C(NCCCO)c1ccon1. The van der Waals surface area contributed by atoms with Crippen LogP contribution in [-0.2, 0) is 0 Å². The second-order valence-electron chi connectivity index (χ2n) is 2.22. The van der Waals surface area contributed by atoms with E-state index in [1.807, 2.05) is 0 Å². The molecule has 0 saturated heterocycles. The number of nitrogens with zero attached hydrogens (tertiary/aromatic N) is 1. The average molecular weight is 170 g/mol. The molecule has 0 aliphatic carbocycles. The van der Waals surface area contributed by atoms with Crippen molar-refractivity contribution in [1.82, 2.24) is 10.5 Å². The molecule has 0 spiro atoms. The summed E-state index contributed by atoms with van der Waals surface area (Å²) < 4.78 is 4.48. The summed E-state index contributed by atoms with van der Waals surface area (Å²) in [4.78, 5) is 11.1. The van der Waals surface area contributed by atoms with Crippen molar-refractivity contribution in [2.75, 3.05) is 13.2 Å². The molecule has 0 atom stereocenters. The van der Waals surface area contributed by atoms with Crippen molar-refractivity contribution in [2.45, 2.75) is 6.42 Å². The third-order valence-electron chi connectivity index (χ3n) is 1.29. The van der Waals surface area contributed by atoms with Gasteiger partial charge in [-0.25, -0.2) is 0 Å². The van der Waals surface area contributed by atoms with E-state index in [9.17, 15) is 4.79 Å². The van der Waals surface area contributed by atoms with Gasteiger partial charge in [-0.2, -0.15) is 0 Å². The number of carbonyl (C=O) groups is 1. The van der Waals surface area contributed by atoms with Crippen LogP contribution in [-0.4, -0.2) is 29.3 Å². The van der Waals surface area contributed by atoms with Gasteiger partial charge in [0.15, 0.2) is 5.69 Å². The van der Waals surface area contributed by atoms with E-state index in [0.717, 1.165) is 0 Å². The smallest absolute Gasteiger partial charge is 0.273 e. The Kier molecular flexibility index (Phi) is 3.28. The molecule has 0 aliphatic rings. The van der Waals surface area contributed by atoms with Crippen molar-refractivity contribution < 1.29 is 14.4 Å². The molecule has 0 radical (unpaired) electrons. The van der Waals surface area contributed by atoms with Gasteiger partial charge in [0.2, 0.25) is 0 Å². The second kappa shape index (κ2) is 4.50. The predicted octanol–water partition coefficient (Wildman–Crippen LogP) is -0.213.